The number of aromatic nitrogens is 2. The number of nitrogens with zero attached hydrogens (tertiary/aromatic N) is 3. The fraction of sp³-hybridized carbons (Fsp3) is 0.500. The van der Waals surface area contributed by atoms with Gasteiger partial charge in [0.15, 0.2) is 0 Å². The number of amides is 2. The lowest BCUT2D eigenvalue weighted by molar-refractivity contribution is 0.0513. The number of carbonyl (C=O) groups is 2. The van der Waals surface area contributed by atoms with Gasteiger partial charge in [-0.2, -0.15) is 0 Å². The molecule has 2 heterocycles. The van der Waals surface area contributed by atoms with Crippen molar-refractivity contribution < 1.29 is 9.59 Å². The number of fused-ring (bicyclic) bond motifs is 1. The van der Waals surface area contributed by atoms with Gasteiger partial charge in [0.05, 0.1) is 11.0 Å². The van der Waals surface area contributed by atoms with Crippen molar-refractivity contribution in [3.63, 3.8) is 0 Å². The van der Waals surface area contributed by atoms with E-state index in [1.165, 1.54) is 32.1 Å². The maximum atomic E-state index is 13.9. The molecule has 1 saturated carbocycles. The molecule has 2 aromatic carbocycles. The molecule has 8 heteroatoms. The number of primary amides is 1. The van der Waals surface area contributed by atoms with Crippen LogP contribution in [0.25, 0.3) is 11.0 Å². The summed E-state index contributed by atoms with van der Waals surface area (Å²) in [6.07, 6.45) is 9.62. The topological polar surface area (TPSA) is 95.3 Å². The van der Waals surface area contributed by atoms with E-state index in [1.807, 2.05) is 25.1 Å². The van der Waals surface area contributed by atoms with Crippen LogP contribution in [0.1, 0.15) is 96.3 Å². The third-order valence-electron chi connectivity index (χ3n) is 8.49. The minimum absolute atomic E-state index is 0.0209. The summed E-state index contributed by atoms with van der Waals surface area (Å²) in [6.45, 7) is 3.63. The number of likely N-dealkylation sites (tertiary alicyclic amines) is 1. The molecule has 2 fully saturated rings. The standard InChI is InChI=1S/C30H38ClN5O2/c1-19(29-33-26-14-12-21(31)17-27(26)34-29)25-16-20(11-13-24(25)28(32)37)30(38)36-15-7-6-10-23(36)18-35(2)22-8-4-3-5-9-22/h11-14,16-17,19,22-23H,3-10,15,18H2,1-2H3,(H2,32,37)(H,33,34). The van der Waals surface area contributed by atoms with Gasteiger partial charge in [-0.15, -0.1) is 0 Å². The highest BCUT2D eigenvalue weighted by Gasteiger charge is 2.31. The van der Waals surface area contributed by atoms with Crippen molar-refractivity contribution in [3.05, 3.63) is 63.9 Å². The SMILES string of the molecule is CC(c1nc2ccc(Cl)cc2[nH]1)c1cc(C(=O)N2CCCCC2CN(C)C2CCCCC2)ccc1C(N)=O. The quantitative estimate of drug-likeness (QED) is 0.404. The highest BCUT2D eigenvalue weighted by molar-refractivity contribution is 6.31. The van der Waals surface area contributed by atoms with Gasteiger partial charge in [-0.25, -0.2) is 4.98 Å². The Morgan fingerprint density at radius 3 is 2.63 bits per heavy atom. The van der Waals surface area contributed by atoms with E-state index in [0.29, 0.717) is 33.6 Å². The molecule has 0 radical (unpaired) electrons. The Labute approximate surface area is 229 Å². The molecule has 1 aliphatic heterocycles. The van der Waals surface area contributed by atoms with Crippen LogP contribution < -0.4 is 5.73 Å². The maximum Gasteiger partial charge on any atom is 0.254 e. The monoisotopic (exact) mass is 535 g/mol. The average molecular weight is 536 g/mol. The molecule has 7 nitrogen and oxygen atoms in total. The van der Waals surface area contributed by atoms with Crippen LogP contribution >= 0.6 is 11.6 Å². The van der Waals surface area contributed by atoms with Crippen LogP contribution in [-0.4, -0.2) is 63.8 Å². The Morgan fingerprint density at radius 2 is 1.87 bits per heavy atom. The van der Waals surface area contributed by atoms with Crippen molar-refractivity contribution in [2.24, 2.45) is 5.73 Å². The number of nitrogens with two attached hydrogens (primary N) is 1. The average Bonchev–Trinajstić information content (AvgIpc) is 3.36. The predicted molar refractivity (Wildman–Crippen MR) is 152 cm³/mol. The van der Waals surface area contributed by atoms with Crippen molar-refractivity contribution in [1.82, 2.24) is 19.8 Å². The minimum atomic E-state index is -0.519. The molecule has 2 atom stereocenters. The molecule has 0 spiro atoms. The van der Waals surface area contributed by atoms with Gasteiger partial charge in [0.2, 0.25) is 5.91 Å². The first kappa shape index (κ1) is 26.7. The molecule has 1 aromatic heterocycles. The van der Waals surface area contributed by atoms with Gasteiger partial charge in [0, 0.05) is 47.2 Å². The Balaban J connectivity index is 1.41. The van der Waals surface area contributed by atoms with Crippen molar-refractivity contribution >= 4 is 34.4 Å². The van der Waals surface area contributed by atoms with Crippen LogP contribution in [0.4, 0.5) is 0 Å². The first-order chi connectivity index (χ1) is 18.3. The third kappa shape index (κ3) is 5.59. The Hall–Kier alpha value is -2.90. The first-order valence-corrected chi connectivity index (χ1v) is 14.3. The zero-order valence-electron chi connectivity index (χ0n) is 22.4. The molecule has 2 unspecified atom stereocenters. The van der Waals surface area contributed by atoms with Gasteiger partial charge in [-0.1, -0.05) is 37.8 Å². The van der Waals surface area contributed by atoms with Crippen LogP contribution in [0.3, 0.4) is 0 Å². The van der Waals surface area contributed by atoms with E-state index in [0.717, 1.165) is 43.4 Å². The summed E-state index contributed by atoms with van der Waals surface area (Å²) in [5, 5.41) is 0.621. The second-order valence-corrected chi connectivity index (χ2v) is 11.5. The van der Waals surface area contributed by atoms with Crippen LogP contribution in [0.2, 0.25) is 5.02 Å². The fourth-order valence-electron chi connectivity index (χ4n) is 6.26. The summed E-state index contributed by atoms with van der Waals surface area (Å²) in [5.74, 6) is -0.0760. The van der Waals surface area contributed by atoms with E-state index >= 15 is 0 Å². The van der Waals surface area contributed by atoms with Crippen molar-refractivity contribution in [2.75, 3.05) is 20.1 Å². The summed E-state index contributed by atoms with van der Waals surface area (Å²) in [5.41, 5.74) is 9.06. The van der Waals surface area contributed by atoms with Crippen molar-refractivity contribution in [3.8, 4) is 0 Å². The van der Waals surface area contributed by atoms with E-state index in [-0.39, 0.29) is 17.9 Å². The molecule has 38 heavy (non-hydrogen) atoms. The summed E-state index contributed by atoms with van der Waals surface area (Å²) in [4.78, 5) is 38.8. The number of H-pyrrole nitrogens is 1. The van der Waals surface area contributed by atoms with E-state index in [1.54, 1.807) is 18.2 Å². The summed E-state index contributed by atoms with van der Waals surface area (Å²) >= 11 is 6.15. The highest BCUT2D eigenvalue weighted by Crippen LogP contribution is 2.30. The number of halogens is 1. The molecule has 3 N–H and O–H groups in total. The van der Waals surface area contributed by atoms with E-state index in [9.17, 15) is 9.59 Å². The smallest absolute Gasteiger partial charge is 0.254 e. The van der Waals surface area contributed by atoms with Gasteiger partial charge in [-0.05, 0) is 81.1 Å². The Bertz CT molecular complexity index is 1320. The number of imidazole rings is 1. The number of nitrogens with one attached hydrogen (secondary N) is 1. The van der Waals surface area contributed by atoms with E-state index in [2.05, 4.69) is 21.8 Å². The molecular formula is C30H38ClN5O2. The minimum Gasteiger partial charge on any atom is -0.366 e. The van der Waals surface area contributed by atoms with Crippen LogP contribution in [0.15, 0.2) is 36.4 Å². The van der Waals surface area contributed by atoms with Crippen molar-refractivity contribution in [2.45, 2.75) is 76.3 Å². The second-order valence-electron chi connectivity index (χ2n) is 11.1. The maximum absolute atomic E-state index is 13.9. The van der Waals surface area contributed by atoms with Gasteiger partial charge >= 0.3 is 0 Å². The number of likely N-dealkylation sites (N-methyl/N-ethyl adjacent to an activating group) is 1. The first-order valence-electron chi connectivity index (χ1n) is 13.9. The lowest BCUT2D eigenvalue weighted by atomic mass is 9.91. The molecular weight excluding hydrogens is 498 g/mol. The molecule has 202 valence electrons. The third-order valence-corrected chi connectivity index (χ3v) is 8.72. The number of aromatic amines is 1. The zero-order chi connectivity index (χ0) is 26.8. The molecule has 1 saturated heterocycles. The van der Waals surface area contributed by atoms with Crippen LogP contribution in [0, 0.1) is 0 Å². The molecule has 2 amide bonds. The van der Waals surface area contributed by atoms with Gasteiger partial charge in [0.25, 0.3) is 5.91 Å². The summed E-state index contributed by atoms with van der Waals surface area (Å²) in [6, 6.07) is 11.6. The van der Waals surface area contributed by atoms with Crippen LogP contribution in [0.5, 0.6) is 0 Å². The Morgan fingerprint density at radius 1 is 1.11 bits per heavy atom. The number of piperidine rings is 1. The van der Waals surface area contributed by atoms with Gasteiger partial charge < -0.3 is 20.5 Å². The van der Waals surface area contributed by atoms with E-state index < -0.39 is 5.91 Å². The molecule has 2 aliphatic rings. The second kappa shape index (κ2) is 11.5. The van der Waals surface area contributed by atoms with E-state index in [4.69, 9.17) is 22.3 Å². The molecule has 3 aromatic rings. The zero-order valence-corrected chi connectivity index (χ0v) is 23.1. The summed E-state index contributed by atoms with van der Waals surface area (Å²) in [7, 11) is 2.22. The largest absolute Gasteiger partial charge is 0.366 e. The number of hydrogen-bond acceptors (Lipinski definition) is 4. The number of carbonyl (C=O) groups excluding carboxylic acids is 2. The predicted octanol–water partition coefficient (Wildman–Crippen LogP) is 5.73. The van der Waals surface area contributed by atoms with Crippen LogP contribution in [-0.2, 0) is 0 Å². The Kier molecular flexibility index (Phi) is 8.05. The highest BCUT2D eigenvalue weighted by atomic mass is 35.5. The number of hydrogen-bond donors (Lipinski definition) is 2. The van der Waals surface area contributed by atoms with Gasteiger partial charge in [0.1, 0.15) is 5.82 Å². The number of rotatable bonds is 7. The molecule has 5 rings (SSSR count). The molecule has 1 aliphatic carbocycles. The number of benzene rings is 2. The summed E-state index contributed by atoms with van der Waals surface area (Å²) < 4.78 is 0. The normalized spacial score (nSPS) is 19.7. The lowest BCUT2D eigenvalue weighted by Crippen LogP contribution is -2.50. The molecule has 0 bridgehead atoms. The van der Waals surface area contributed by atoms with Crippen molar-refractivity contribution in [1.29, 1.82) is 0 Å². The van der Waals surface area contributed by atoms with Gasteiger partial charge in [-0.3, -0.25) is 9.59 Å². The fourth-order valence-corrected chi connectivity index (χ4v) is 6.43. The lowest BCUT2D eigenvalue weighted by Gasteiger charge is -2.40.